The van der Waals surface area contributed by atoms with Crippen molar-refractivity contribution in [2.75, 3.05) is 0 Å². The highest BCUT2D eigenvalue weighted by Crippen LogP contribution is 2.66. The Hall–Kier alpha value is -0.950. The minimum atomic E-state index is -4.45. The monoisotopic (exact) mass is 458 g/mol. The van der Waals surface area contributed by atoms with E-state index in [9.17, 15) is 23.2 Å². The van der Waals surface area contributed by atoms with Crippen LogP contribution in [0.2, 0.25) is 0 Å². The molecule has 0 spiro atoms. The molecule has 1 aromatic rings. The van der Waals surface area contributed by atoms with Gasteiger partial charge in [0.05, 0.1) is 11.2 Å². The highest BCUT2D eigenvalue weighted by atomic mass is 32.2. The zero-order valence-electron chi connectivity index (χ0n) is 18.6. The summed E-state index contributed by atoms with van der Waals surface area (Å²) in [7, 11) is -4.45. The Morgan fingerprint density at radius 1 is 0.688 bits per heavy atom. The molecule has 5 nitrogen and oxygen atoms in total. The topological polar surface area (TPSA) is 94.8 Å². The molecule has 4 atom stereocenters. The summed E-state index contributed by atoms with van der Waals surface area (Å²) in [5.74, 6) is 1.72. The number of rotatable bonds is 3. The van der Waals surface area contributed by atoms with Crippen molar-refractivity contribution in [2.24, 2.45) is 23.7 Å². The van der Waals surface area contributed by atoms with Gasteiger partial charge in [0.2, 0.25) is 0 Å². The van der Waals surface area contributed by atoms with Crippen molar-refractivity contribution in [3.63, 3.8) is 0 Å². The van der Waals surface area contributed by atoms with E-state index in [1.54, 1.807) is 0 Å². The third kappa shape index (κ3) is 2.76. The Labute approximate surface area is 190 Å². The molecule has 9 rings (SSSR count). The SMILES string of the molecule is O=S(=O)(O)c1c(C23CC4CC(CC(O)(C4)C2)C3)cccc1C12CC3CC(CC(O)(C3)C1)C2. The third-order valence-electron chi connectivity index (χ3n) is 10.5. The summed E-state index contributed by atoms with van der Waals surface area (Å²) in [5, 5.41) is 22.6. The Kier molecular flexibility index (Phi) is 3.83. The number of hydrogen-bond donors (Lipinski definition) is 3. The number of aliphatic hydroxyl groups is 2. The van der Waals surface area contributed by atoms with E-state index in [0.717, 1.165) is 75.3 Å². The maximum absolute atomic E-state index is 13.1. The molecule has 8 aliphatic carbocycles. The van der Waals surface area contributed by atoms with Crippen LogP contribution in [-0.4, -0.2) is 34.4 Å². The minimum Gasteiger partial charge on any atom is -0.390 e. The predicted molar refractivity (Wildman–Crippen MR) is 119 cm³/mol. The summed E-state index contributed by atoms with van der Waals surface area (Å²) in [4.78, 5) is 0.121. The fourth-order valence-electron chi connectivity index (χ4n) is 10.7. The second kappa shape index (κ2) is 5.99. The molecule has 0 radical (unpaired) electrons. The van der Waals surface area contributed by atoms with E-state index in [2.05, 4.69) is 0 Å². The van der Waals surface area contributed by atoms with Gasteiger partial charge in [0.25, 0.3) is 10.1 Å². The molecule has 6 heteroatoms. The van der Waals surface area contributed by atoms with Gasteiger partial charge in [-0.15, -0.1) is 0 Å². The summed E-state index contributed by atoms with van der Waals surface area (Å²) in [6.07, 6.45) is 10.4. The first-order valence-electron chi connectivity index (χ1n) is 12.6. The van der Waals surface area contributed by atoms with Crippen molar-refractivity contribution in [1.29, 1.82) is 0 Å². The van der Waals surface area contributed by atoms with Gasteiger partial charge < -0.3 is 10.2 Å². The van der Waals surface area contributed by atoms with E-state index in [0.29, 0.717) is 36.5 Å². The van der Waals surface area contributed by atoms with E-state index in [4.69, 9.17) is 0 Å². The number of hydrogen-bond acceptors (Lipinski definition) is 4. The van der Waals surface area contributed by atoms with Gasteiger partial charge in [0.15, 0.2) is 0 Å². The molecule has 32 heavy (non-hydrogen) atoms. The Morgan fingerprint density at radius 3 is 1.38 bits per heavy atom. The van der Waals surface area contributed by atoms with E-state index in [1.807, 2.05) is 18.2 Å². The molecule has 1 aromatic carbocycles. The lowest BCUT2D eigenvalue weighted by Gasteiger charge is -2.62. The lowest BCUT2D eigenvalue weighted by Crippen LogP contribution is -2.58. The first-order chi connectivity index (χ1) is 15.0. The average Bonchev–Trinajstić information content (AvgIpc) is 2.63. The first kappa shape index (κ1) is 20.4. The second-order valence-electron chi connectivity index (χ2n) is 13.1. The van der Waals surface area contributed by atoms with Crippen LogP contribution in [0.1, 0.15) is 88.2 Å². The predicted octanol–water partition coefficient (Wildman–Crippen LogP) is 4.10. The van der Waals surface area contributed by atoms with E-state index in [-0.39, 0.29) is 15.7 Å². The lowest BCUT2D eigenvalue weighted by atomic mass is 9.45. The molecule has 3 N–H and O–H groups in total. The van der Waals surface area contributed by atoms with Crippen molar-refractivity contribution in [3.8, 4) is 0 Å². The summed E-state index contributed by atoms with van der Waals surface area (Å²) in [6, 6.07) is 5.81. The smallest absolute Gasteiger partial charge is 0.295 e. The molecule has 0 heterocycles. The zero-order chi connectivity index (χ0) is 22.1. The summed E-state index contributed by atoms with van der Waals surface area (Å²) in [6.45, 7) is 0. The van der Waals surface area contributed by atoms with Gasteiger partial charge >= 0.3 is 0 Å². The van der Waals surface area contributed by atoms with Crippen LogP contribution in [0.4, 0.5) is 0 Å². The van der Waals surface area contributed by atoms with Gasteiger partial charge in [-0.25, -0.2) is 0 Å². The van der Waals surface area contributed by atoms with Crippen LogP contribution < -0.4 is 0 Å². The van der Waals surface area contributed by atoms with E-state index >= 15 is 0 Å². The van der Waals surface area contributed by atoms with Crippen LogP contribution in [0.3, 0.4) is 0 Å². The van der Waals surface area contributed by atoms with Crippen molar-refractivity contribution in [1.82, 2.24) is 0 Å². The normalized spacial score (nSPS) is 50.8. The standard InChI is InChI=1S/C26H34O5S/c27-25-10-16-4-17(11-25)7-23(6-16,14-25)20-2-1-3-21(22(20)32(29,30)31)24-8-18-5-19(9-24)13-26(28,12-18)15-24/h1-3,16-19,27-28H,4-15H2,(H,29,30,31). The highest BCUT2D eigenvalue weighted by Gasteiger charge is 2.61. The average molecular weight is 459 g/mol. The fraction of sp³-hybridized carbons (Fsp3) is 0.769. The molecule has 0 aromatic heterocycles. The van der Waals surface area contributed by atoms with Gasteiger partial charge in [-0.1, -0.05) is 18.2 Å². The summed E-state index contributed by atoms with van der Waals surface area (Å²) in [5.41, 5.74) is -0.669. The van der Waals surface area contributed by atoms with Gasteiger partial charge in [0, 0.05) is 0 Å². The quantitative estimate of drug-likeness (QED) is 0.593. The molecule has 8 aliphatic rings. The second-order valence-corrected chi connectivity index (χ2v) is 14.4. The van der Waals surface area contributed by atoms with Crippen LogP contribution in [0.15, 0.2) is 23.1 Å². The van der Waals surface area contributed by atoms with E-state index in [1.165, 1.54) is 0 Å². The zero-order valence-corrected chi connectivity index (χ0v) is 19.4. The fourth-order valence-corrected chi connectivity index (χ4v) is 11.8. The highest BCUT2D eigenvalue weighted by molar-refractivity contribution is 7.86. The lowest BCUT2D eigenvalue weighted by molar-refractivity contribution is -0.139. The van der Waals surface area contributed by atoms with Crippen LogP contribution in [0.25, 0.3) is 0 Å². The van der Waals surface area contributed by atoms with Crippen LogP contribution in [0.5, 0.6) is 0 Å². The third-order valence-corrected chi connectivity index (χ3v) is 11.4. The first-order valence-corrected chi connectivity index (χ1v) is 14.0. The molecule has 174 valence electrons. The maximum Gasteiger partial charge on any atom is 0.295 e. The van der Waals surface area contributed by atoms with Gasteiger partial charge in [-0.05, 0) is 123 Å². The van der Waals surface area contributed by atoms with Gasteiger partial charge in [0.1, 0.15) is 4.90 Å². The molecule has 8 bridgehead atoms. The van der Waals surface area contributed by atoms with Crippen LogP contribution in [-0.2, 0) is 20.9 Å². The van der Waals surface area contributed by atoms with Crippen molar-refractivity contribution < 1.29 is 23.2 Å². The number of benzene rings is 1. The summed E-state index contributed by atoms with van der Waals surface area (Å²) < 4.78 is 36.7. The Morgan fingerprint density at radius 2 is 1.06 bits per heavy atom. The molecular weight excluding hydrogens is 424 g/mol. The molecular formula is C26H34O5S. The maximum atomic E-state index is 13.1. The van der Waals surface area contributed by atoms with E-state index < -0.39 is 21.3 Å². The van der Waals surface area contributed by atoms with Crippen molar-refractivity contribution in [3.05, 3.63) is 29.3 Å². The largest absolute Gasteiger partial charge is 0.390 e. The Bertz CT molecular complexity index is 1010. The molecule has 8 saturated carbocycles. The van der Waals surface area contributed by atoms with Gasteiger partial charge in [-0.2, -0.15) is 8.42 Å². The molecule has 0 amide bonds. The van der Waals surface area contributed by atoms with Crippen LogP contribution >= 0.6 is 0 Å². The van der Waals surface area contributed by atoms with Crippen LogP contribution in [0, 0.1) is 23.7 Å². The molecule has 0 saturated heterocycles. The Balaban J connectivity index is 1.43. The molecule has 4 unspecified atom stereocenters. The molecule has 8 fully saturated rings. The summed E-state index contributed by atoms with van der Waals surface area (Å²) >= 11 is 0. The van der Waals surface area contributed by atoms with Gasteiger partial charge in [-0.3, -0.25) is 4.55 Å². The van der Waals surface area contributed by atoms with Crippen molar-refractivity contribution in [2.45, 2.75) is 104 Å². The van der Waals surface area contributed by atoms with Crippen molar-refractivity contribution >= 4 is 10.1 Å². The minimum absolute atomic E-state index is 0.121. The molecule has 0 aliphatic heterocycles.